The summed E-state index contributed by atoms with van der Waals surface area (Å²) in [5.74, 6) is 1.11. The number of hydrogen-bond donors (Lipinski definition) is 0. The van der Waals surface area contributed by atoms with E-state index in [9.17, 15) is 0 Å². The Hall–Kier alpha value is -2.81. The van der Waals surface area contributed by atoms with Crippen LogP contribution in [0.25, 0.3) is 27.5 Å². The molecule has 118 valence electrons. The Balaban J connectivity index is 1.83. The SMILES string of the molecule is c1ccc(-c2ccc3c4ccccc4c(N4CCCC4)nn23)cc1. The Kier molecular flexibility index (Phi) is 3.05. The smallest absolute Gasteiger partial charge is 0.157 e. The highest BCUT2D eigenvalue weighted by Gasteiger charge is 2.19. The van der Waals surface area contributed by atoms with E-state index in [1.807, 2.05) is 0 Å². The van der Waals surface area contributed by atoms with E-state index in [0.29, 0.717) is 0 Å². The van der Waals surface area contributed by atoms with Crippen molar-refractivity contribution in [3.8, 4) is 11.3 Å². The fourth-order valence-electron chi connectivity index (χ4n) is 3.78. The zero-order valence-corrected chi connectivity index (χ0v) is 13.5. The van der Waals surface area contributed by atoms with Crippen molar-refractivity contribution in [2.24, 2.45) is 0 Å². The lowest BCUT2D eigenvalue weighted by Crippen LogP contribution is -2.20. The fourth-order valence-corrected chi connectivity index (χ4v) is 3.78. The van der Waals surface area contributed by atoms with Crippen molar-refractivity contribution in [3.05, 3.63) is 66.7 Å². The lowest BCUT2D eigenvalue weighted by Gasteiger charge is -2.19. The number of nitrogens with zero attached hydrogens (tertiary/aromatic N) is 3. The Morgan fingerprint density at radius 3 is 2.21 bits per heavy atom. The van der Waals surface area contributed by atoms with Crippen LogP contribution in [0.3, 0.4) is 0 Å². The summed E-state index contributed by atoms with van der Waals surface area (Å²) in [6.45, 7) is 2.20. The number of fused-ring (bicyclic) bond motifs is 3. The molecule has 0 N–H and O–H groups in total. The molecule has 0 bridgehead atoms. The first kappa shape index (κ1) is 13.6. The second kappa shape index (κ2) is 5.38. The standard InChI is InChI=1S/C21H19N3/c1-2-8-16(9-3-1)19-12-13-20-17-10-4-5-11-18(17)21(22-24(19)20)23-14-6-7-15-23/h1-5,8-13H,6-7,14-15H2. The maximum atomic E-state index is 5.06. The van der Waals surface area contributed by atoms with Gasteiger partial charge in [-0.3, -0.25) is 0 Å². The summed E-state index contributed by atoms with van der Waals surface area (Å²) < 4.78 is 2.12. The summed E-state index contributed by atoms with van der Waals surface area (Å²) in [4.78, 5) is 2.43. The topological polar surface area (TPSA) is 20.5 Å². The van der Waals surface area contributed by atoms with E-state index in [1.54, 1.807) is 0 Å². The third-order valence-electron chi connectivity index (χ3n) is 4.97. The van der Waals surface area contributed by atoms with Gasteiger partial charge in [-0.15, -0.1) is 5.10 Å². The van der Waals surface area contributed by atoms with Gasteiger partial charge >= 0.3 is 0 Å². The second-order valence-electron chi connectivity index (χ2n) is 6.44. The van der Waals surface area contributed by atoms with Gasteiger partial charge in [0.1, 0.15) is 0 Å². The summed E-state index contributed by atoms with van der Waals surface area (Å²) >= 11 is 0. The largest absolute Gasteiger partial charge is 0.355 e. The molecule has 0 spiro atoms. The lowest BCUT2D eigenvalue weighted by atomic mass is 10.1. The Labute approximate surface area is 141 Å². The number of rotatable bonds is 2. The predicted octanol–water partition coefficient (Wildman–Crippen LogP) is 4.75. The minimum Gasteiger partial charge on any atom is -0.355 e. The molecule has 2 aromatic heterocycles. The van der Waals surface area contributed by atoms with Crippen LogP contribution in [0.2, 0.25) is 0 Å². The molecule has 3 heteroatoms. The fraction of sp³-hybridized carbons (Fsp3) is 0.190. The average molecular weight is 313 g/mol. The lowest BCUT2D eigenvalue weighted by molar-refractivity contribution is 0.876. The highest BCUT2D eigenvalue weighted by molar-refractivity contribution is 6.02. The predicted molar refractivity (Wildman–Crippen MR) is 99.6 cm³/mol. The molecule has 3 nitrogen and oxygen atoms in total. The van der Waals surface area contributed by atoms with Crippen molar-refractivity contribution in [1.82, 2.24) is 9.61 Å². The van der Waals surface area contributed by atoms with Gasteiger partial charge in [-0.05, 0) is 25.0 Å². The molecule has 0 atom stereocenters. The number of hydrogen-bond acceptors (Lipinski definition) is 2. The summed E-state index contributed by atoms with van der Waals surface area (Å²) in [6.07, 6.45) is 2.51. The minimum atomic E-state index is 1.10. The zero-order valence-electron chi connectivity index (χ0n) is 13.5. The van der Waals surface area contributed by atoms with Crippen LogP contribution in [0.5, 0.6) is 0 Å². The molecule has 1 fully saturated rings. The van der Waals surface area contributed by atoms with Crippen LogP contribution in [-0.2, 0) is 0 Å². The molecule has 1 aliphatic heterocycles. The van der Waals surface area contributed by atoms with Crippen molar-refractivity contribution in [2.45, 2.75) is 12.8 Å². The van der Waals surface area contributed by atoms with Crippen LogP contribution >= 0.6 is 0 Å². The summed E-state index contributed by atoms with van der Waals surface area (Å²) in [5.41, 5.74) is 3.52. The van der Waals surface area contributed by atoms with Crippen molar-refractivity contribution >= 4 is 22.1 Å². The Morgan fingerprint density at radius 1 is 0.708 bits per heavy atom. The van der Waals surface area contributed by atoms with E-state index in [-0.39, 0.29) is 0 Å². The molecule has 3 heterocycles. The molecule has 2 aromatic carbocycles. The van der Waals surface area contributed by atoms with Crippen LogP contribution in [-0.4, -0.2) is 22.7 Å². The van der Waals surface area contributed by atoms with Crippen LogP contribution in [0.1, 0.15) is 12.8 Å². The molecule has 5 rings (SSSR count). The highest BCUT2D eigenvalue weighted by Crippen LogP contribution is 2.32. The maximum absolute atomic E-state index is 5.06. The molecule has 4 aromatic rings. The van der Waals surface area contributed by atoms with E-state index in [1.165, 1.54) is 34.7 Å². The number of aromatic nitrogens is 2. The van der Waals surface area contributed by atoms with Crippen molar-refractivity contribution in [2.75, 3.05) is 18.0 Å². The molecule has 1 aliphatic rings. The van der Waals surface area contributed by atoms with Gasteiger partial charge in [0, 0.05) is 29.4 Å². The molecule has 24 heavy (non-hydrogen) atoms. The molecule has 0 radical (unpaired) electrons. The number of benzene rings is 2. The minimum absolute atomic E-state index is 1.10. The van der Waals surface area contributed by atoms with Gasteiger partial charge in [0.15, 0.2) is 5.82 Å². The molecule has 1 saturated heterocycles. The van der Waals surface area contributed by atoms with Gasteiger partial charge in [-0.25, -0.2) is 4.52 Å². The van der Waals surface area contributed by atoms with Gasteiger partial charge in [0.05, 0.1) is 11.2 Å². The molecule has 0 aliphatic carbocycles. The Morgan fingerprint density at radius 2 is 1.42 bits per heavy atom. The first-order chi connectivity index (χ1) is 11.9. The van der Waals surface area contributed by atoms with Gasteiger partial charge in [0.25, 0.3) is 0 Å². The van der Waals surface area contributed by atoms with E-state index in [4.69, 9.17) is 5.10 Å². The average Bonchev–Trinajstić information content (AvgIpc) is 3.31. The van der Waals surface area contributed by atoms with E-state index >= 15 is 0 Å². The van der Waals surface area contributed by atoms with Crippen LogP contribution < -0.4 is 4.90 Å². The molecule has 0 saturated carbocycles. The van der Waals surface area contributed by atoms with Gasteiger partial charge in [0.2, 0.25) is 0 Å². The highest BCUT2D eigenvalue weighted by atomic mass is 15.3. The van der Waals surface area contributed by atoms with Gasteiger partial charge in [-0.2, -0.15) is 0 Å². The third kappa shape index (κ3) is 2.01. The molecule has 0 amide bonds. The van der Waals surface area contributed by atoms with Crippen molar-refractivity contribution < 1.29 is 0 Å². The number of anilines is 1. The normalized spacial score (nSPS) is 14.8. The van der Waals surface area contributed by atoms with E-state index < -0.39 is 0 Å². The van der Waals surface area contributed by atoms with Crippen molar-refractivity contribution in [3.63, 3.8) is 0 Å². The maximum Gasteiger partial charge on any atom is 0.157 e. The van der Waals surface area contributed by atoms with E-state index in [2.05, 4.69) is 76.1 Å². The summed E-state index contributed by atoms with van der Waals surface area (Å²) in [5, 5.41) is 7.59. The summed E-state index contributed by atoms with van der Waals surface area (Å²) in [7, 11) is 0. The monoisotopic (exact) mass is 313 g/mol. The zero-order chi connectivity index (χ0) is 15.9. The Bertz CT molecular complexity index is 1010. The van der Waals surface area contributed by atoms with E-state index in [0.717, 1.165) is 24.6 Å². The first-order valence-electron chi connectivity index (χ1n) is 8.63. The van der Waals surface area contributed by atoms with Gasteiger partial charge in [-0.1, -0.05) is 54.6 Å². The first-order valence-corrected chi connectivity index (χ1v) is 8.63. The van der Waals surface area contributed by atoms with Crippen LogP contribution in [0, 0.1) is 0 Å². The van der Waals surface area contributed by atoms with Crippen molar-refractivity contribution in [1.29, 1.82) is 0 Å². The molecular weight excluding hydrogens is 294 g/mol. The van der Waals surface area contributed by atoms with Gasteiger partial charge < -0.3 is 4.90 Å². The van der Waals surface area contributed by atoms with Crippen LogP contribution in [0.4, 0.5) is 5.82 Å². The summed E-state index contributed by atoms with van der Waals surface area (Å²) in [6, 6.07) is 23.5. The molecule has 0 unspecified atom stereocenters. The second-order valence-corrected chi connectivity index (χ2v) is 6.44. The quantitative estimate of drug-likeness (QED) is 0.532. The van der Waals surface area contributed by atoms with Crippen LogP contribution in [0.15, 0.2) is 66.7 Å². The molecular formula is C21H19N3. The third-order valence-corrected chi connectivity index (χ3v) is 4.97.